The van der Waals surface area contributed by atoms with E-state index in [2.05, 4.69) is 10.5 Å². The molecule has 1 rings (SSSR count). The molecule has 1 aliphatic heterocycles. The molecule has 112 valence electrons. The molecule has 8 nitrogen and oxygen atoms in total. The lowest BCUT2D eigenvalue weighted by atomic mass is 10.1. The minimum absolute atomic E-state index is 0.0395. The SMILES string of the molecule is COCCN(CC(=O)N(C)C)C(=O)C1=NNC(=O)CC1. The van der Waals surface area contributed by atoms with Gasteiger partial charge in [0.2, 0.25) is 11.8 Å². The summed E-state index contributed by atoms with van der Waals surface area (Å²) in [4.78, 5) is 37.8. The quantitative estimate of drug-likeness (QED) is 0.664. The fourth-order valence-electron chi connectivity index (χ4n) is 1.57. The van der Waals surface area contributed by atoms with E-state index in [0.29, 0.717) is 13.2 Å². The molecule has 0 fully saturated rings. The third kappa shape index (κ3) is 4.61. The number of ether oxygens (including phenoxy) is 1. The van der Waals surface area contributed by atoms with E-state index in [1.54, 1.807) is 14.1 Å². The fourth-order valence-corrected chi connectivity index (χ4v) is 1.57. The zero-order valence-corrected chi connectivity index (χ0v) is 12.0. The predicted molar refractivity (Wildman–Crippen MR) is 72.0 cm³/mol. The lowest BCUT2D eigenvalue weighted by Crippen LogP contribution is -2.46. The number of carbonyl (C=O) groups excluding carboxylic acids is 3. The van der Waals surface area contributed by atoms with Crippen LogP contribution in [0, 0.1) is 0 Å². The van der Waals surface area contributed by atoms with Gasteiger partial charge in [-0.05, 0) is 0 Å². The number of hydrazone groups is 1. The summed E-state index contributed by atoms with van der Waals surface area (Å²) in [6.07, 6.45) is 0.509. The van der Waals surface area contributed by atoms with Crippen LogP contribution in [0.2, 0.25) is 0 Å². The number of nitrogens with one attached hydrogen (secondary N) is 1. The molecule has 0 saturated carbocycles. The van der Waals surface area contributed by atoms with Crippen LogP contribution in [-0.2, 0) is 19.1 Å². The van der Waals surface area contributed by atoms with Crippen molar-refractivity contribution in [3.8, 4) is 0 Å². The van der Waals surface area contributed by atoms with Gasteiger partial charge in [-0.15, -0.1) is 0 Å². The molecule has 0 bridgehead atoms. The molecule has 8 heteroatoms. The summed E-state index contributed by atoms with van der Waals surface area (Å²) in [5.74, 6) is -0.749. The lowest BCUT2D eigenvalue weighted by Gasteiger charge is -2.24. The minimum Gasteiger partial charge on any atom is -0.383 e. The van der Waals surface area contributed by atoms with Crippen LogP contribution < -0.4 is 5.43 Å². The van der Waals surface area contributed by atoms with Gasteiger partial charge >= 0.3 is 0 Å². The molecule has 20 heavy (non-hydrogen) atoms. The highest BCUT2D eigenvalue weighted by Crippen LogP contribution is 2.04. The third-order valence-corrected chi connectivity index (χ3v) is 2.83. The summed E-state index contributed by atoms with van der Waals surface area (Å²) >= 11 is 0. The zero-order chi connectivity index (χ0) is 15.1. The first-order valence-corrected chi connectivity index (χ1v) is 6.29. The van der Waals surface area contributed by atoms with Gasteiger partial charge in [-0.3, -0.25) is 14.4 Å². The number of likely N-dealkylation sites (N-methyl/N-ethyl adjacent to an activating group) is 1. The second-order valence-corrected chi connectivity index (χ2v) is 4.60. The maximum Gasteiger partial charge on any atom is 0.270 e. The molecule has 0 aromatic heterocycles. The molecule has 0 aromatic rings. The van der Waals surface area contributed by atoms with Crippen LogP contribution in [0.4, 0.5) is 0 Å². The van der Waals surface area contributed by atoms with E-state index >= 15 is 0 Å². The Hall–Kier alpha value is -1.96. The minimum atomic E-state index is -0.350. The van der Waals surface area contributed by atoms with Crippen molar-refractivity contribution in [3.05, 3.63) is 0 Å². The van der Waals surface area contributed by atoms with Crippen molar-refractivity contribution in [3.63, 3.8) is 0 Å². The van der Waals surface area contributed by atoms with Crippen LogP contribution in [0.25, 0.3) is 0 Å². The van der Waals surface area contributed by atoms with Crippen molar-refractivity contribution in [2.45, 2.75) is 12.8 Å². The van der Waals surface area contributed by atoms with Crippen molar-refractivity contribution < 1.29 is 19.1 Å². The number of methoxy groups -OCH3 is 1. The number of nitrogens with zero attached hydrogens (tertiary/aromatic N) is 3. The first-order valence-electron chi connectivity index (χ1n) is 6.29. The molecule has 3 amide bonds. The predicted octanol–water partition coefficient (Wildman–Crippen LogP) is -1.18. The monoisotopic (exact) mass is 284 g/mol. The first kappa shape index (κ1) is 16.1. The summed E-state index contributed by atoms with van der Waals surface area (Å²) in [5.41, 5.74) is 2.53. The van der Waals surface area contributed by atoms with E-state index < -0.39 is 0 Å². The van der Waals surface area contributed by atoms with E-state index in [9.17, 15) is 14.4 Å². The molecule has 1 N–H and O–H groups in total. The largest absolute Gasteiger partial charge is 0.383 e. The van der Waals surface area contributed by atoms with Gasteiger partial charge in [0.25, 0.3) is 5.91 Å². The van der Waals surface area contributed by atoms with Crippen molar-refractivity contribution in [1.82, 2.24) is 15.2 Å². The number of hydrogen-bond acceptors (Lipinski definition) is 5. The lowest BCUT2D eigenvalue weighted by molar-refractivity contribution is -0.136. The van der Waals surface area contributed by atoms with Crippen LogP contribution in [0.1, 0.15) is 12.8 Å². The van der Waals surface area contributed by atoms with Crippen molar-refractivity contribution >= 4 is 23.4 Å². The topological polar surface area (TPSA) is 91.3 Å². The highest BCUT2D eigenvalue weighted by Gasteiger charge is 2.25. The molecule has 0 spiro atoms. The highest BCUT2D eigenvalue weighted by atomic mass is 16.5. The van der Waals surface area contributed by atoms with E-state index in [4.69, 9.17) is 4.74 Å². The standard InChI is InChI=1S/C12H20N4O4/c1-15(2)11(18)8-16(6-7-20-3)12(19)9-4-5-10(17)14-13-9/h4-8H2,1-3H3,(H,14,17). The van der Waals surface area contributed by atoms with E-state index in [1.165, 1.54) is 16.9 Å². The van der Waals surface area contributed by atoms with Crippen molar-refractivity contribution in [2.75, 3.05) is 40.9 Å². The molecule has 0 atom stereocenters. The molecule has 1 heterocycles. The number of carbonyl (C=O) groups is 3. The Balaban J connectivity index is 2.73. The van der Waals surface area contributed by atoms with Crippen LogP contribution in [0.5, 0.6) is 0 Å². The van der Waals surface area contributed by atoms with Crippen molar-refractivity contribution in [1.29, 1.82) is 0 Å². The maximum atomic E-state index is 12.3. The summed E-state index contributed by atoms with van der Waals surface area (Å²) in [7, 11) is 4.77. The number of rotatable bonds is 6. The van der Waals surface area contributed by atoms with E-state index in [1.807, 2.05) is 0 Å². The average Bonchev–Trinajstić information content (AvgIpc) is 2.43. The Kier molecular flexibility index (Phi) is 6.10. The van der Waals surface area contributed by atoms with Gasteiger partial charge in [0.05, 0.1) is 6.61 Å². The van der Waals surface area contributed by atoms with Crippen molar-refractivity contribution in [2.24, 2.45) is 5.10 Å². The normalized spacial score (nSPS) is 14.3. The second kappa shape index (κ2) is 7.59. The van der Waals surface area contributed by atoms with E-state index in [0.717, 1.165) is 0 Å². The van der Waals surface area contributed by atoms with Gasteiger partial charge in [-0.25, -0.2) is 5.43 Å². The Morgan fingerprint density at radius 2 is 2.05 bits per heavy atom. The summed E-state index contributed by atoms with van der Waals surface area (Å²) in [6, 6.07) is 0. The Morgan fingerprint density at radius 3 is 2.55 bits per heavy atom. The second-order valence-electron chi connectivity index (χ2n) is 4.60. The molecule has 0 saturated heterocycles. The average molecular weight is 284 g/mol. The molecule has 0 aliphatic carbocycles. The van der Waals surface area contributed by atoms with Gasteiger partial charge in [0, 0.05) is 40.6 Å². The Morgan fingerprint density at radius 1 is 1.35 bits per heavy atom. The van der Waals surface area contributed by atoms with Gasteiger partial charge < -0.3 is 14.5 Å². The molecule has 0 unspecified atom stereocenters. The molecule has 0 radical (unpaired) electrons. The highest BCUT2D eigenvalue weighted by molar-refractivity contribution is 6.39. The van der Waals surface area contributed by atoms with Crippen LogP contribution in [-0.4, -0.2) is 74.1 Å². The molecule has 1 aliphatic rings. The molecule has 0 aromatic carbocycles. The number of hydrogen-bond donors (Lipinski definition) is 1. The third-order valence-electron chi connectivity index (χ3n) is 2.83. The molecular weight excluding hydrogens is 264 g/mol. The Labute approximate surface area is 117 Å². The maximum absolute atomic E-state index is 12.3. The van der Waals surface area contributed by atoms with Crippen LogP contribution in [0.15, 0.2) is 5.10 Å². The summed E-state index contributed by atoms with van der Waals surface area (Å²) in [5, 5.41) is 3.75. The van der Waals surface area contributed by atoms with Crippen LogP contribution in [0.3, 0.4) is 0 Å². The van der Waals surface area contributed by atoms with Gasteiger partial charge in [-0.2, -0.15) is 5.10 Å². The fraction of sp³-hybridized carbons (Fsp3) is 0.667. The first-order chi connectivity index (χ1) is 9.45. The van der Waals surface area contributed by atoms with Gasteiger partial charge in [-0.1, -0.05) is 0 Å². The van der Waals surface area contributed by atoms with E-state index in [-0.39, 0.29) is 42.8 Å². The van der Waals surface area contributed by atoms with Crippen LogP contribution >= 0.6 is 0 Å². The van der Waals surface area contributed by atoms with Gasteiger partial charge in [0.1, 0.15) is 12.3 Å². The molecular formula is C12H20N4O4. The summed E-state index contributed by atoms with van der Waals surface area (Å²) in [6.45, 7) is 0.579. The summed E-state index contributed by atoms with van der Waals surface area (Å²) < 4.78 is 4.94. The zero-order valence-electron chi connectivity index (χ0n) is 12.0. The Bertz CT molecular complexity index is 420. The smallest absolute Gasteiger partial charge is 0.270 e. The van der Waals surface area contributed by atoms with Gasteiger partial charge in [0.15, 0.2) is 0 Å². The number of amides is 3.